The number of carbonyl (C=O) groups is 2. The highest BCUT2D eigenvalue weighted by Crippen LogP contribution is 2.42. The number of fused-ring (bicyclic) bond motifs is 1. The van der Waals surface area contributed by atoms with Gasteiger partial charge in [-0.05, 0) is 37.7 Å². The molecular formula is C20H28O8. The molecule has 1 heterocycles. The van der Waals surface area contributed by atoms with Gasteiger partial charge in [0.1, 0.15) is 36.4 Å². The largest absolute Gasteiger partial charge is 0.507 e. The molecular weight excluding hydrogens is 368 g/mol. The zero-order valence-corrected chi connectivity index (χ0v) is 16.5. The lowest BCUT2D eigenvalue weighted by molar-refractivity contribution is -0.147. The van der Waals surface area contributed by atoms with Crippen molar-refractivity contribution in [1.82, 2.24) is 0 Å². The molecule has 0 radical (unpaired) electrons. The predicted octanol–water partition coefficient (Wildman–Crippen LogP) is 1.62. The van der Waals surface area contributed by atoms with Crippen LogP contribution in [0.15, 0.2) is 0 Å². The van der Waals surface area contributed by atoms with Crippen LogP contribution < -0.4 is 4.74 Å². The SMILES string of the molecule is COc1c(C)c2c(c(O)c1CCC(C)CCC(=O)OCC(O)CO)C(=O)OC2. The molecule has 0 bridgehead atoms. The van der Waals surface area contributed by atoms with Gasteiger partial charge in [-0.2, -0.15) is 0 Å². The Bertz CT molecular complexity index is 728. The molecule has 2 rings (SSSR count). The first-order valence-corrected chi connectivity index (χ1v) is 9.33. The molecule has 28 heavy (non-hydrogen) atoms. The maximum Gasteiger partial charge on any atom is 0.342 e. The molecule has 2 atom stereocenters. The van der Waals surface area contributed by atoms with Gasteiger partial charge in [-0.3, -0.25) is 4.79 Å². The molecule has 1 aromatic rings. The van der Waals surface area contributed by atoms with Crippen LogP contribution in [0.5, 0.6) is 11.5 Å². The molecule has 3 N–H and O–H groups in total. The lowest BCUT2D eigenvalue weighted by atomic mass is 9.91. The molecule has 0 amide bonds. The van der Waals surface area contributed by atoms with E-state index in [1.165, 1.54) is 7.11 Å². The maximum absolute atomic E-state index is 11.9. The topological polar surface area (TPSA) is 123 Å². The fourth-order valence-electron chi connectivity index (χ4n) is 3.28. The number of cyclic esters (lactones) is 1. The van der Waals surface area contributed by atoms with E-state index in [0.717, 1.165) is 5.56 Å². The van der Waals surface area contributed by atoms with E-state index in [0.29, 0.717) is 36.1 Å². The quantitative estimate of drug-likeness (QED) is 0.510. The number of aliphatic hydroxyl groups excluding tert-OH is 2. The van der Waals surface area contributed by atoms with Gasteiger partial charge < -0.3 is 29.5 Å². The average molecular weight is 396 g/mol. The minimum atomic E-state index is -1.06. The summed E-state index contributed by atoms with van der Waals surface area (Å²) < 4.78 is 15.4. The van der Waals surface area contributed by atoms with E-state index in [9.17, 15) is 19.8 Å². The number of ether oxygens (including phenoxy) is 3. The second kappa shape index (κ2) is 9.75. The smallest absolute Gasteiger partial charge is 0.342 e. The van der Waals surface area contributed by atoms with Crippen molar-refractivity contribution in [3.05, 3.63) is 22.3 Å². The Hall–Kier alpha value is -2.32. The number of hydrogen-bond donors (Lipinski definition) is 3. The van der Waals surface area contributed by atoms with Crippen LogP contribution in [-0.2, 0) is 27.3 Å². The third-order valence-corrected chi connectivity index (χ3v) is 5.02. The molecule has 1 aromatic carbocycles. The standard InChI is InChI=1S/C20H28O8/c1-11(5-7-16(23)27-9-13(22)8-21)4-6-14-18(24)17-15(10-28-20(17)25)12(2)19(14)26-3/h11,13,21-22,24H,4-10H2,1-3H3. The van der Waals surface area contributed by atoms with Gasteiger partial charge in [0, 0.05) is 17.5 Å². The Morgan fingerprint density at radius 3 is 2.68 bits per heavy atom. The molecule has 8 nitrogen and oxygen atoms in total. The van der Waals surface area contributed by atoms with Crippen molar-refractivity contribution in [3.63, 3.8) is 0 Å². The zero-order valence-electron chi connectivity index (χ0n) is 16.5. The van der Waals surface area contributed by atoms with Gasteiger partial charge in [0.15, 0.2) is 0 Å². The normalized spacial score (nSPS) is 15.0. The molecule has 0 fully saturated rings. The summed E-state index contributed by atoms with van der Waals surface area (Å²) in [6, 6.07) is 0. The van der Waals surface area contributed by atoms with Crippen LogP contribution in [-0.4, -0.2) is 53.7 Å². The van der Waals surface area contributed by atoms with Crippen molar-refractivity contribution in [1.29, 1.82) is 0 Å². The Morgan fingerprint density at radius 2 is 2.04 bits per heavy atom. The second-order valence-electron chi connectivity index (χ2n) is 7.12. The van der Waals surface area contributed by atoms with E-state index < -0.39 is 24.6 Å². The Labute approximate surface area is 164 Å². The summed E-state index contributed by atoms with van der Waals surface area (Å²) in [4.78, 5) is 23.6. The molecule has 0 saturated carbocycles. The Kier molecular flexibility index (Phi) is 7.65. The van der Waals surface area contributed by atoms with Gasteiger partial charge in [-0.1, -0.05) is 6.92 Å². The van der Waals surface area contributed by atoms with Crippen LogP contribution >= 0.6 is 0 Å². The van der Waals surface area contributed by atoms with Crippen molar-refractivity contribution in [2.45, 2.75) is 52.2 Å². The molecule has 1 aliphatic rings. The summed E-state index contributed by atoms with van der Waals surface area (Å²) >= 11 is 0. The van der Waals surface area contributed by atoms with Crippen LogP contribution in [0.4, 0.5) is 0 Å². The number of benzene rings is 1. The lowest BCUT2D eigenvalue weighted by Gasteiger charge is -2.18. The first kappa shape index (κ1) is 22.0. The van der Waals surface area contributed by atoms with Gasteiger partial charge in [0.25, 0.3) is 0 Å². The number of methoxy groups -OCH3 is 1. The summed E-state index contributed by atoms with van der Waals surface area (Å²) in [5.74, 6) is -0.347. The number of rotatable bonds is 10. The number of hydrogen-bond acceptors (Lipinski definition) is 8. The van der Waals surface area contributed by atoms with Gasteiger partial charge >= 0.3 is 11.9 Å². The van der Waals surface area contributed by atoms with Crippen LogP contribution in [0.25, 0.3) is 0 Å². The van der Waals surface area contributed by atoms with Crippen LogP contribution in [0.1, 0.15) is 53.2 Å². The Balaban J connectivity index is 1.97. The maximum atomic E-state index is 11.9. The summed E-state index contributed by atoms with van der Waals surface area (Å²) in [7, 11) is 1.52. The Morgan fingerprint density at radius 1 is 1.32 bits per heavy atom. The summed E-state index contributed by atoms with van der Waals surface area (Å²) in [6.07, 6.45) is 0.854. The molecule has 8 heteroatoms. The first-order valence-electron chi connectivity index (χ1n) is 9.33. The van der Waals surface area contributed by atoms with Gasteiger partial charge in [0.05, 0.1) is 13.7 Å². The van der Waals surface area contributed by atoms with Crippen molar-refractivity contribution in [3.8, 4) is 11.5 Å². The third-order valence-electron chi connectivity index (χ3n) is 5.02. The molecule has 0 spiro atoms. The molecule has 0 saturated heterocycles. The summed E-state index contributed by atoms with van der Waals surface area (Å²) in [6.45, 7) is 3.27. The van der Waals surface area contributed by atoms with Gasteiger partial charge in [-0.25, -0.2) is 4.79 Å². The zero-order chi connectivity index (χ0) is 20.8. The van der Waals surface area contributed by atoms with Crippen molar-refractivity contribution in [2.75, 3.05) is 20.3 Å². The van der Waals surface area contributed by atoms with E-state index >= 15 is 0 Å². The lowest BCUT2D eigenvalue weighted by Crippen LogP contribution is -2.22. The fraction of sp³-hybridized carbons (Fsp3) is 0.600. The monoisotopic (exact) mass is 396 g/mol. The highest BCUT2D eigenvalue weighted by molar-refractivity contribution is 5.98. The predicted molar refractivity (Wildman–Crippen MR) is 99.3 cm³/mol. The van der Waals surface area contributed by atoms with Crippen molar-refractivity contribution < 1.29 is 39.1 Å². The first-order chi connectivity index (χ1) is 13.3. The van der Waals surface area contributed by atoms with Crippen molar-refractivity contribution in [2.24, 2.45) is 5.92 Å². The molecule has 156 valence electrons. The molecule has 0 aromatic heterocycles. The van der Waals surface area contributed by atoms with Crippen molar-refractivity contribution >= 4 is 11.9 Å². The van der Waals surface area contributed by atoms with E-state index in [2.05, 4.69) is 0 Å². The number of aromatic hydroxyl groups is 1. The summed E-state index contributed by atoms with van der Waals surface area (Å²) in [5, 5.41) is 28.5. The highest BCUT2D eigenvalue weighted by atomic mass is 16.5. The number of carbonyl (C=O) groups excluding carboxylic acids is 2. The minimum Gasteiger partial charge on any atom is -0.507 e. The molecule has 1 aliphatic heterocycles. The average Bonchev–Trinajstić information content (AvgIpc) is 3.07. The van der Waals surface area contributed by atoms with Crippen LogP contribution in [0, 0.1) is 12.8 Å². The van der Waals surface area contributed by atoms with Crippen LogP contribution in [0.3, 0.4) is 0 Å². The van der Waals surface area contributed by atoms with Crippen LogP contribution in [0.2, 0.25) is 0 Å². The van der Waals surface area contributed by atoms with E-state index in [4.69, 9.17) is 19.3 Å². The minimum absolute atomic E-state index is 0.0930. The van der Waals surface area contributed by atoms with E-state index in [1.54, 1.807) is 0 Å². The third kappa shape index (κ3) is 4.94. The fourth-order valence-corrected chi connectivity index (χ4v) is 3.28. The number of aliphatic hydroxyl groups is 2. The van der Waals surface area contributed by atoms with E-state index in [1.807, 2.05) is 13.8 Å². The van der Waals surface area contributed by atoms with Gasteiger partial charge in [-0.15, -0.1) is 0 Å². The molecule has 2 unspecified atom stereocenters. The molecule has 0 aliphatic carbocycles. The highest BCUT2D eigenvalue weighted by Gasteiger charge is 2.32. The number of esters is 2. The second-order valence-corrected chi connectivity index (χ2v) is 7.12. The number of phenolic OH excluding ortho intramolecular Hbond substituents is 1. The van der Waals surface area contributed by atoms with E-state index in [-0.39, 0.29) is 36.9 Å². The summed E-state index contributed by atoms with van der Waals surface area (Å²) in [5.41, 5.74) is 2.23. The number of phenols is 1. The van der Waals surface area contributed by atoms with Gasteiger partial charge in [0.2, 0.25) is 0 Å².